The van der Waals surface area contributed by atoms with Gasteiger partial charge in [0.05, 0.1) is 19.8 Å². The van der Waals surface area contributed by atoms with Gasteiger partial charge in [-0.3, -0.25) is 9.69 Å². The highest BCUT2D eigenvalue weighted by atomic mass is 16.5. The van der Waals surface area contributed by atoms with E-state index in [1.807, 2.05) is 4.90 Å². The fraction of sp³-hybridized carbons (Fsp3) is 0.733. The molecule has 3 heterocycles. The molecule has 1 aromatic heterocycles. The highest BCUT2D eigenvalue weighted by molar-refractivity contribution is 5.92. The van der Waals surface area contributed by atoms with Gasteiger partial charge >= 0.3 is 0 Å². The fourth-order valence-electron chi connectivity index (χ4n) is 3.01. The lowest BCUT2D eigenvalue weighted by molar-refractivity contribution is 0.0305. The number of carbonyl (C=O) groups excluding carboxylic acids is 1. The second-order valence-corrected chi connectivity index (χ2v) is 5.91. The Balaban J connectivity index is 1.62. The minimum absolute atomic E-state index is 0.000762. The van der Waals surface area contributed by atoms with Crippen LogP contribution >= 0.6 is 0 Å². The van der Waals surface area contributed by atoms with Crippen molar-refractivity contribution in [3.05, 3.63) is 17.5 Å². The molecule has 0 unspecified atom stereocenters. The molecule has 0 N–H and O–H groups in total. The van der Waals surface area contributed by atoms with Gasteiger partial charge in [0.15, 0.2) is 11.5 Å². The summed E-state index contributed by atoms with van der Waals surface area (Å²) in [4.78, 5) is 16.7. The van der Waals surface area contributed by atoms with E-state index in [1.165, 1.54) is 6.42 Å². The van der Waals surface area contributed by atoms with Gasteiger partial charge in [0.1, 0.15) is 0 Å². The Kier molecular flexibility index (Phi) is 4.55. The van der Waals surface area contributed by atoms with E-state index in [0.29, 0.717) is 18.3 Å². The molecule has 1 amide bonds. The van der Waals surface area contributed by atoms with E-state index in [2.05, 4.69) is 17.0 Å². The van der Waals surface area contributed by atoms with Crippen molar-refractivity contribution in [3.63, 3.8) is 0 Å². The molecule has 21 heavy (non-hydrogen) atoms. The molecule has 2 aliphatic rings. The molecule has 0 saturated carbocycles. The maximum Gasteiger partial charge on any atom is 0.276 e. The summed E-state index contributed by atoms with van der Waals surface area (Å²) >= 11 is 0. The number of hydrogen-bond acceptors (Lipinski definition) is 5. The summed E-state index contributed by atoms with van der Waals surface area (Å²) < 4.78 is 10.7. The molecule has 0 aliphatic carbocycles. The minimum atomic E-state index is -0.000762. The van der Waals surface area contributed by atoms with Gasteiger partial charge in [-0.05, 0) is 26.2 Å². The number of piperidine rings is 1. The third-order valence-electron chi connectivity index (χ3n) is 4.33. The van der Waals surface area contributed by atoms with Crippen LogP contribution in [0.15, 0.2) is 10.6 Å². The van der Waals surface area contributed by atoms with Crippen LogP contribution in [-0.2, 0) is 11.3 Å². The molecule has 1 aromatic rings. The molecule has 0 radical (unpaired) electrons. The third-order valence-corrected chi connectivity index (χ3v) is 4.33. The first-order valence-corrected chi connectivity index (χ1v) is 7.80. The lowest BCUT2D eigenvalue weighted by atomic mass is 10.0. The van der Waals surface area contributed by atoms with Crippen molar-refractivity contribution < 1.29 is 14.1 Å². The molecular formula is C15H23N3O3. The number of hydrogen-bond donors (Lipinski definition) is 0. The van der Waals surface area contributed by atoms with E-state index < -0.39 is 0 Å². The van der Waals surface area contributed by atoms with Crippen molar-refractivity contribution in [3.8, 4) is 0 Å². The van der Waals surface area contributed by atoms with Gasteiger partial charge < -0.3 is 14.2 Å². The fourth-order valence-corrected chi connectivity index (χ4v) is 3.01. The van der Waals surface area contributed by atoms with E-state index in [0.717, 1.165) is 51.4 Å². The standard InChI is InChI=1S/C15H23N3O3/c1-12-4-2-3-5-18(12)15(19)14-10-13(21-16-14)11-17-6-8-20-9-7-17/h10,12H,2-9,11H2,1H3/t12-/m1/s1. The second kappa shape index (κ2) is 6.58. The summed E-state index contributed by atoms with van der Waals surface area (Å²) in [7, 11) is 0. The number of carbonyl (C=O) groups is 1. The zero-order valence-electron chi connectivity index (χ0n) is 12.6. The molecular weight excluding hydrogens is 270 g/mol. The van der Waals surface area contributed by atoms with Gasteiger partial charge in [-0.1, -0.05) is 5.16 Å². The van der Waals surface area contributed by atoms with E-state index in [1.54, 1.807) is 6.07 Å². The summed E-state index contributed by atoms with van der Waals surface area (Å²) in [6.07, 6.45) is 3.35. The predicted molar refractivity (Wildman–Crippen MR) is 76.9 cm³/mol. The van der Waals surface area contributed by atoms with Crippen LogP contribution in [0.25, 0.3) is 0 Å². The Morgan fingerprint density at radius 3 is 2.90 bits per heavy atom. The molecule has 6 heteroatoms. The third kappa shape index (κ3) is 3.44. The first-order chi connectivity index (χ1) is 10.2. The minimum Gasteiger partial charge on any atom is -0.379 e. The normalized spacial score (nSPS) is 24.2. The van der Waals surface area contributed by atoms with Crippen LogP contribution in [0.5, 0.6) is 0 Å². The van der Waals surface area contributed by atoms with Gasteiger partial charge in [-0.25, -0.2) is 0 Å². The number of aromatic nitrogens is 1. The van der Waals surface area contributed by atoms with Crippen molar-refractivity contribution in [1.29, 1.82) is 0 Å². The molecule has 0 spiro atoms. The van der Waals surface area contributed by atoms with Crippen LogP contribution in [0.1, 0.15) is 42.4 Å². The maximum absolute atomic E-state index is 12.5. The summed E-state index contributed by atoms with van der Waals surface area (Å²) in [6.45, 7) is 6.92. The topological polar surface area (TPSA) is 58.8 Å². The molecule has 0 bridgehead atoms. The SMILES string of the molecule is C[C@@H]1CCCCN1C(=O)c1cc(CN2CCOCC2)on1. The maximum atomic E-state index is 12.5. The molecule has 1 atom stereocenters. The van der Waals surface area contributed by atoms with Crippen LogP contribution in [0.3, 0.4) is 0 Å². The number of likely N-dealkylation sites (tertiary alicyclic amines) is 1. The van der Waals surface area contributed by atoms with Gasteiger partial charge in [-0.2, -0.15) is 0 Å². The predicted octanol–water partition coefficient (Wildman–Crippen LogP) is 1.52. The molecule has 116 valence electrons. The summed E-state index contributed by atoms with van der Waals surface area (Å²) in [5.41, 5.74) is 0.437. The highest BCUT2D eigenvalue weighted by Crippen LogP contribution is 2.19. The summed E-state index contributed by atoms with van der Waals surface area (Å²) in [6, 6.07) is 2.09. The van der Waals surface area contributed by atoms with Crippen LogP contribution in [0.2, 0.25) is 0 Å². The van der Waals surface area contributed by atoms with Crippen LogP contribution in [0.4, 0.5) is 0 Å². The largest absolute Gasteiger partial charge is 0.379 e. The number of rotatable bonds is 3. The number of morpholine rings is 1. The average Bonchev–Trinajstić information content (AvgIpc) is 2.97. The molecule has 2 fully saturated rings. The first kappa shape index (κ1) is 14.5. The Morgan fingerprint density at radius 2 is 2.14 bits per heavy atom. The summed E-state index contributed by atoms with van der Waals surface area (Å²) in [5, 5.41) is 3.97. The zero-order chi connectivity index (χ0) is 14.7. The quantitative estimate of drug-likeness (QED) is 0.845. The van der Waals surface area contributed by atoms with Crippen molar-refractivity contribution in [2.24, 2.45) is 0 Å². The van der Waals surface area contributed by atoms with Crippen LogP contribution in [-0.4, -0.2) is 59.8 Å². The van der Waals surface area contributed by atoms with Gasteiger partial charge in [-0.15, -0.1) is 0 Å². The van der Waals surface area contributed by atoms with E-state index >= 15 is 0 Å². The molecule has 6 nitrogen and oxygen atoms in total. The van der Waals surface area contributed by atoms with Crippen LogP contribution < -0.4 is 0 Å². The van der Waals surface area contributed by atoms with Crippen molar-refractivity contribution in [1.82, 2.24) is 15.0 Å². The van der Waals surface area contributed by atoms with Crippen molar-refractivity contribution >= 4 is 5.91 Å². The van der Waals surface area contributed by atoms with Gasteiger partial charge in [0.25, 0.3) is 5.91 Å². The number of nitrogens with zero attached hydrogens (tertiary/aromatic N) is 3. The number of amides is 1. The smallest absolute Gasteiger partial charge is 0.276 e. The highest BCUT2D eigenvalue weighted by Gasteiger charge is 2.26. The summed E-state index contributed by atoms with van der Waals surface area (Å²) in [5.74, 6) is 0.754. The first-order valence-electron chi connectivity index (χ1n) is 7.80. The van der Waals surface area contributed by atoms with Gasteiger partial charge in [0, 0.05) is 31.7 Å². The van der Waals surface area contributed by atoms with Gasteiger partial charge in [0.2, 0.25) is 0 Å². The monoisotopic (exact) mass is 293 g/mol. The Morgan fingerprint density at radius 1 is 1.33 bits per heavy atom. The lowest BCUT2D eigenvalue weighted by Gasteiger charge is -2.32. The second-order valence-electron chi connectivity index (χ2n) is 5.91. The van der Waals surface area contributed by atoms with Crippen LogP contribution in [0, 0.1) is 0 Å². The molecule has 2 aliphatic heterocycles. The lowest BCUT2D eigenvalue weighted by Crippen LogP contribution is -2.42. The number of ether oxygens (including phenoxy) is 1. The van der Waals surface area contributed by atoms with E-state index in [-0.39, 0.29) is 5.91 Å². The Bertz CT molecular complexity index is 482. The Hall–Kier alpha value is -1.40. The van der Waals surface area contributed by atoms with E-state index in [4.69, 9.17) is 9.26 Å². The van der Waals surface area contributed by atoms with Crippen molar-refractivity contribution in [2.45, 2.75) is 38.8 Å². The molecule has 2 saturated heterocycles. The van der Waals surface area contributed by atoms with Crippen molar-refractivity contribution in [2.75, 3.05) is 32.8 Å². The molecule has 0 aromatic carbocycles. The average molecular weight is 293 g/mol. The van der Waals surface area contributed by atoms with E-state index in [9.17, 15) is 4.79 Å². The molecule has 3 rings (SSSR count). The Labute approximate surface area is 125 Å². The zero-order valence-corrected chi connectivity index (χ0v) is 12.6.